The van der Waals surface area contributed by atoms with Gasteiger partial charge >= 0.3 is 0 Å². The molecule has 0 aliphatic carbocycles. The van der Waals surface area contributed by atoms with Gasteiger partial charge in [-0.3, -0.25) is 9.69 Å². The van der Waals surface area contributed by atoms with Crippen molar-refractivity contribution >= 4 is 44.8 Å². The molecule has 4 rings (SSSR count). The second-order valence-electron chi connectivity index (χ2n) is 6.25. The Hall–Kier alpha value is -2.30. The lowest BCUT2D eigenvalue weighted by molar-refractivity contribution is 0.0975. The molecule has 3 aromatic carbocycles. The number of hydrogen-bond acceptors (Lipinski definition) is 2. The van der Waals surface area contributed by atoms with E-state index in [2.05, 4.69) is 21.2 Å². The van der Waals surface area contributed by atoms with E-state index in [0.717, 1.165) is 27.0 Å². The lowest BCUT2D eigenvalue weighted by Crippen LogP contribution is -2.43. The van der Waals surface area contributed by atoms with Crippen molar-refractivity contribution in [1.29, 1.82) is 0 Å². The zero-order chi connectivity index (χ0) is 18.3. The summed E-state index contributed by atoms with van der Waals surface area (Å²) in [5.41, 5.74) is 4.22. The first-order chi connectivity index (χ1) is 12.5. The third kappa shape index (κ3) is 3.00. The summed E-state index contributed by atoms with van der Waals surface area (Å²) in [6, 6.07) is 21.2. The highest BCUT2D eigenvalue weighted by Gasteiger charge is 2.34. The van der Waals surface area contributed by atoms with Crippen LogP contribution in [0.1, 0.15) is 27.7 Å². The van der Waals surface area contributed by atoms with Gasteiger partial charge in [-0.2, -0.15) is 0 Å². The summed E-state index contributed by atoms with van der Waals surface area (Å²) in [6.07, 6.45) is -0.315. The zero-order valence-corrected chi connectivity index (χ0v) is 16.4. The molecule has 3 nitrogen and oxygen atoms in total. The van der Waals surface area contributed by atoms with Crippen LogP contribution < -0.4 is 10.2 Å². The largest absolute Gasteiger partial charge is 0.360 e. The van der Waals surface area contributed by atoms with Gasteiger partial charge in [0.25, 0.3) is 5.91 Å². The van der Waals surface area contributed by atoms with Crippen LogP contribution >= 0.6 is 27.5 Å². The maximum Gasteiger partial charge on any atom is 0.262 e. The topological polar surface area (TPSA) is 32.3 Å². The van der Waals surface area contributed by atoms with Gasteiger partial charge in [0, 0.05) is 20.9 Å². The molecule has 1 amide bonds. The molecule has 0 saturated heterocycles. The third-order valence-corrected chi connectivity index (χ3v) is 5.48. The van der Waals surface area contributed by atoms with Crippen LogP contribution in [0.4, 0.5) is 11.4 Å². The molecule has 0 bridgehead atoms. The van der Waals surface area contributed by atoms with Crippen molar-refractivity contribution in [3.63, 3.8) is 0 Å². The van der Waals surface area contributed by atoms with Crippen molar-refractivity contribution in [2.75, 3.05) is 10.2 Å². The van der Waals surface area contributed by atoms with Gasteiger partial charge in [0.05, 0.1) is 5.56 Å². The molecule has 1 atom stereocenters. The van der Waals surface area contributed by atoms with Crippen molar-refractivity contribution in [3.8, 4) is 0 Å². The molecule has 0 radical (unpaired) electrons. The van der Waals surface area contributed by atoms with E-state index in [1.165, 1.54) is 0 Å². The summed E-state index contributed by atoms with van der Waals surface area (Å²) in [4.78, 5) is 15.1. The van der Waals surface area contributed by atoms with Gasteiger partial charge in [-0.25, -0.2) is 0 Å². The smallest absolute Gasteiger partial charge is 0.262 e. The fourth-order valence-electron chi connectivity index (χ4n) is 3.13. The molecule has 1 aliphatic rings. The predicted octanol–water partition coefficient (Wildman–Crippen LogP) is 6.18. The first-order valence-electron chi connectivity index (χ1n) is 8.25. The fraction of sp³-hybridized carbons (Fsp3) is 0.0952. The van der Waals surface area contributed by atoms with Gasteiger partial charge in [-0.1, -0.05) is 57.9 Å². The molecule has 0 unspecified atom stereocenters. The van der Waals surface area contributed by atoms with E-state index < -0.39 is 0 Å². The number of carbonyl (C=O) groups excluding carboxylic acids is 1. The molecule has 1 heterocycles. The Morgan fingerprint density at radius 3 is 2.50 bits per heavy atom. The summed E-state index contributed by atoms with van der Waals surface area (Å²) in [5.74, 6) is -0.0489. The standard InChI is InChI=1S/C21H16BrClN2O/c1-13-6-11-16(12-18(13)23)25-20(14-7-9-15(22)10-8-14)24-19-5-3-2-4-17(19)21(25)26/h2-12,20,24H,1H3/t20-/m1/s1. The van der Waals surface area contributed by atoms with Crippen molar-refractivity contribution < 1.29 is 4.79 Å². The predicted molar refractivity (Wildman–Crippen MR) is 110 cm³/mol. The molecule has 0 spiro atoms. The lowest BCUT2D eigenvalue weighted by Gasteiger charge is -2.38. The van der Waals surface area contributed by atoms with Gasteiger partial charge < -0.3 is 5.32 Å². The van der Waals surface area contributed by atoms with Crippen LogP contribution in [0.25, 0.3) is 0 Å². The van der Waals surface area contributed by atoms with Gasteiger partial charge in [0.2, 0.25) is 0 Å². The lowest BCUT2D eigenvalue weighted by atomic mass is 10.0. The SMILES string of the molecule is Cc1ccc(N2C(=O)c3ccccc3N[C@H]2c2ccc(Br)cc2)cc1Cl. The van der Waals surface area contributed by atoms with Gasteiger partial charge in [-0.15, -0.1) is 0 Å². The number of nitrogens with zero attached hydrogens (tertiary/aromatic N) is 1. The molecule has 0 saturated carbocycles. The van der Waals surface area contributed by atoms with E-state index in [1.807, 2.05) is 73.7 Å². The van der Waals surface area contributed by atoms with E-state index >= 15 is 0 Å². The minimum Gasteiger partial charge on any atom is -0.360 e. The normalized spacial score (nSPS) is 16.2. The molecule has 26 heavy (non-hydrogen) atoms. The number of carbonyl (C=O) groups is 1. The van der Waals surface area contributed by atoms with Gasteiger partial charge in [0.1, 0.15) is 6.17 Å². The quantitative estimate of drug-likeness (QED) is 0.529. The van der Waals surface area contributed by atoms with Crippen molar-refractivity contribution in [3.05, 3.63) is 92.9 Å². The van der Waals surface area contributed by atoms with E-state index in [4.69, 9.17) is 11.6 Å². The molecule has 130 valence electrons. The summed E-state index contributed by atoms with van der Waals surface area (Å²) >= 11 is 9.80. The maximum absolute atomic E-state index is 13.3. The van der Waals surface area contributed by atoms with Gasteiger partial charge in [0.15, 0.2) is 0 Å². The summed E-state index contributed by atoms with van der Waals surface area (Å²) in [6.45, 7) is 1.95. The number of fused-ring (bicyclic) bond motifs is 1. The number of halogens is 2. The summed E-state index contributed by atoms with van der Waals surface area (Å²) in [7, 11) is 0. The van der Waals surface area contributed by atoms with Crippen LogP contribution in [-0.4, -0.2) is 5.91 Å². The van der Waals surface area contributed by atoms with E-state index in [9.17, 15) is 4.79 Å². The van der Waals surface area contributed by atoms with Gasteiger partial charge in [-0.05, 0) is 54.4 Å². The summed E-state index contributed by atoms with van der Waals surface area (Å²) < 4.78 is 0.994. The molecule has 3 aromatic rings. The monoisotopic (exact) mass is 426 g/mol. The third-order valence-electron chi connectivity index (χ3n) is 4.55. The minimum atomic E-state index is -0.315. The maximum atomic E-state index is 13.3. The number of amides is 1. The fourth-order valence-corrected chi connectivity index (χ4v) is 3.57. The van der Waals surface area contributed by atoms with Crippen LogP contribution in [0.2, 0.25) is 5.02 Å². The first-order valence-corrected chi connectivity index (χ1v) is 9.42. The Morgan fingerprint density at radius 2 is 1.77 bits per heavy atom. The number of anilines is 2. The van der Waals surface area contributed by atoms with E-state index in [0.29, 0.717) is 10.6 Å². The molecular weight excluding hydrogens is 412 g/mol. The number of hydrogen-bond donors (Lipinski definition) is 1. The number of aryl methyl sites for hydroxylation is 1. The Kier molecular flexibility index (Phi) is 4.47. The molecular formula is C21H16BrClN2O. The number of nitrogens with one attached hydrogen (secondary N) is 1. The highest BCUT2D eigenvalue weighted by Crippen LogP contribution is 2.38. The average Bonchev–Trinajstić information content (AvgIpc) is 2.65. The molecule has 0 fully saturated rings. The first kappa shape index (κ1) is 17.1. The molecule has 5 heteroatoms. The highest BCUT2D eigenvalue weighted by molar-refractivity contribution is 9.10. The van der Waals surface area contributed by atoms with Crippen LogP contribution in [0.5, 0.6) is 0 Å². The number of para-hydroxylation sites is 1. The second-order valence-corrected chi connectivity index (χ2v) is 7.58. The summed E-state index contributed by atoms with van der Waals surface area (Å²) in [5, 5.41) is 4.13. The Balaban J connectivity index is 1.87. The number of benzene rings is 3. The Labute approximate surface area is 165 Å². The highest BCUT2D eigenvalue weighted by atomic mass is 79.9. The number of rotatable bonds is 2. The van der Waals surface area contributed by atoms with Crippen molar-refractivity contribution in [2.24, 2.45) is 0 Å². The molecule has 0 aromatic heterocycles. The van der Waals surface area contributed by atoms with E-state index in [1.54, 1.807) is 4.90 Å². The minimum absolute atomic E-state index is 0.0489. The van der Waals surface area contributed by atoms with Crippen molar-refractivity contribution in [1.82, 2.24) is 0 Å². The molecule has 1 N–H and O–H groups in total. The Morgan fingerprint density at radius 1 is 1.04 bits per heavy atom. The van der Waals surface area contributed by atoms with Crippen LogP contribution in [0.3, 0.4) is 0 Å². The van der Waals surface area contributed by atoms with Crippen LogP contribution in [-0.2, 0) is 0 Å². The zero-order valence-electron chi connectivity index (χ0n) is 14.0. The van der Waals surface area contributed by atoms with Crippen LogP contribution in [0, 0.1) is 6.92 Å². The second kappa shape index (κ2) is 6.78. The van der Waals surface area contributed by atoms with Crippen LogP contribution in [0.15, 0.2) is 71.2 Å². The Bertz CT molecular complexity index is 988. The van der Waals surface area contributed by atoms with Crippen molar-refractivity contribution in [2.45, 2.75) is 13.1 Å². The van der Waals surface area contributed by atoms with E-state index in [-0.39, 0.29) is 12.1 Å². The molecule has 1 aliphatic heterocycles. The average molecular weight is 428 g/mol.